The molecule has 1 amide bonds. The van der Waals surface area contributed by atoms with Crippen LogP contribution in [0.1, 0.15) is 11.1 Å². The maximum atomic E-state index is 13.4. The van der Waals surface area contributed by atoms with E-state index in [2.05, 4.69) is 5.32 Å². The largest absolute Gasteiger partial charge is 0.497 e. The van der Waals surface area contributed by atoms with Crippen molar-refractivity contribution in [1.29, 1.82) is 5.26 Å². The Hall–Kier alpha value is -3.82. The lowest BCUT2D eigenvalue weighted by molar-refractivity contribution is -0.112. The number of hydrogen-bond acceptors (Lipinski definition) is 4. The molecule has 0 spiro atoms. The summed E-state index contributed by atoms with van der Waals surface area (Å²) in [5.74, 6) is -0.0135. The van der Waals surface area contributed by atoms with Crippen molar-refractivity contribution in [2.75, 3.05) is 12.4 Å². The molecule has 156 valence electrons. The van der Waals surface area contributed by atoms with Gasteiger partial charge in [-0.05, 0) is 60.2 Å². The van der Waals surface area contributed by atoms with Gasteiger partial charge in [-0.15, -0.1) is 0 Å². The maximum absolute atomic E-state index is 13.4. The van der Waals surface area contributed by atoms with Gasteiger partial charge in [-0.25, -0.2) is 4.39 Å². The number of nitrogens with zero attached hydrogens (tertiary/aromatic N) is 1. The molecule has 3 aromatic carbocycles. The van der Waals surface area contributed by atoms with Crippen LogP contribution in [0.3, 0.4) is 0 Å². The summed E-state index contributed by atoms with van der Waals surface area (Å²) in [7, 11) is 1.52. The smallest absolute Gasteiger partial charge is 0.266 e. The quantitative estimate of drug-likeness (QED) is 0.386. The molecule has 0 atom stereocenters. The molecule has 0 heterocycles. The minimum atomic E-state index is -0.572. The van der Waals surface area contributed by atoms with Crippen LogP contribution in [0.25, 0.3) is 6.08 Å². The third kappa shape index (κ3) is 6.08. The number of benzene rings is 3. The van der Waals surface area contributed by atoms with Crippen molar-refractivity contribution in [2.45, 2.75) is 6.61 Å². The maximum Gasteiger partial charge on any atom is 0.266 e. The fourth-order valence-electron chi connectivity index (χ4n) is 2.71. The van der Waals surface area contributed by atoms with Crippen LogP contribution in [0.4, 0.5) is 10.1 Å². The fourth-order valence-corrected chi connectivity index (χ4v) is 2.84. The zero-order valence-corrected chi connectivity index (χ0v) is 17.3. The van der Waals surface area contributed by atoms with E-state index < -0.39 is 5.91 Å². The average molecular weight is 437 g/mol. The van der Waals surface area contributed by atoms with Crippen LogP contribution in [-0.4, -0.2) is 13.0 Å². The molecular formula is C24H18ClFN2O3. The number of amides is 1. The molecule has 7 heteroatoms. The van der Waals surface area contributed by atoms with E-state index in [-0.39, 0.29) is 18.0 Å². The molecule has 0 saturated heterocycles. The Morgan fingerprint density at radius 1 is 1.16 bits per heavy atom. The van der Waals surface area contributed by atoms with Crippen molar-refractivity contribution >= 4 is 29.3 Å². The SMILES string of the molecule is COc1ccc(/C=C(\C#N)C(=O)Nc2ccc(Cl)cc2)c(OCc2cccc(F)c2)c1. The third-order valence-electron chi connectivity index (χ3n) is 4.27. The van der Waals surface area contributed by atoms with Crippen LogP contribution in [0.15, 0.2) is 72.3 Å². The van der Waals surface area contributed by atoms with Crippen molar-refractivity contribution in [3.8, 4) is 17.6 Å². The first-order valence-corrected chi connectivity index (χ1v) is 9.60. The van der Waals surface area contributed by atoms with Crippen LogP contribution in [-0.2, 0) is 11.4 Å². The van der Waals surface area contributed by atoms with Crippen LogP contribution < -0.4 is 14.8 Å². The standard InChI is InChI=1S/C24H18ClFN2O3/c1-30-22-10-5-17(23(13-22)31-15-16-3-2-4-20(26)11-16)12-18(14-27)24(29)28-21-8-6-19(25)7-9-21/h2-13H,15H2,1H3,(H,28,29)/b18-12+. The van der Waals surface area contributed by atoms with E-state index in [1.54, 1.807) is 54.6 Å². The van der Waals surface area contributed by atoms with E-state index in [0.717, 1.165) is 0 Å². The number of carbonyl (C=O) groups is 1. The monoisotopic (exact) mass is 436 g/mol. The van der Waals surface area contributed by atoms with E-state index in [4.69, 9.17) is 21.1 Å². The second-order valence-electron chi connectivity index (χ2n) is 6.45. The van der Waals surface area contributed by atoms with E-state index in [1.807, 2.05) is 6.07 Å². The molecule has 5 nitrogen and oxygen atoms in total. The first kappa shape index (κ1) is 21.9. The minimum absolute atomic E-state index is 0.102. The third-order valence-corrected chi connectivity index (χ3v) is 4.52. The number of carbonyl (C=O) groups excluding carboxylic acids is 1. The number of methoxy groups -OCH3 is 1. The molecular weight excluding hydrogens is 419 g/mol. The van der Waals surface area contributed by atoms with Gasteiger partial charge in [0.2, 0.25) is 0 Å². The van der Waals surface area contributed by atoms with Crippen LogP contribution in [0, 0.1) is 17.1 Å². The minimum Gasteiger partial charge on any atom is -0.497 e. The fraction of sp³-hybridized carbons (Fsp3) is 0.0833. The Kier molecular flexibility index (Phi) is 7.26. The van der Waals surface area contributed by atoms with Gasteiger partial charge in [0.05, 0.1) is 7.11 Å². The number of ether oxygens (including phenoxy) is 2. The lowest BCUT2D eigenvalue weighted by atomic mass is 10.1. The normalized spacial score (nSPS) is 10.8. The number of anilines is 1. The van der Waals surface area contributed by atoms with E-state index in [0.29, 0.717) is 33.3 Å². The van der Waals surface area contributed by atoms with Gasteiger partial charge < -0.3 is 14.8 Å². The summed E-state index contributed by atoms with van der Waals surface area (Å²) in [6, 6.07) is 19.5. The number of nitrogens with one attached hydrogen (secondary N) is 1. The van der Waals surface area contributed by atoms with Gasteiger partial charge in [-0.1, -0.05) is 23.7 Å². The molecule has 1 N–H and O–H groups in total. The lowest BCUT2D eigenvalue weighted by Crippen LogP contribution is -2.13. The van der Waals surface area contributed by atoms with Crippen molar-refractivity contribution in [2.24, 2.45) is 0 Å². The number of nitriles is 1. The number of hydrogen-bond donors (Lipinski definition) is 1. The average Bonchev–Trinajstić information content (AvgIpc) is 2.78. The van der Waals surface area contributed by atoms with Crippen LogP contribution in [0.2, 0.25) is 5.02 Å². The van der Waals surface area contributed by atoms with Crippen LogP contribution >= 0.6 is 11.6 Å². The Balaban J connectivity index is 1.85. The van der Waals surface area contributed by atoms with Gasteiger partial charge in [0.1, 0.15) is 35.6 Å². The number of rotatable bonds is 7. The molecule has 0 unspecified atom stereocenters. The molecule has 0 aliphatic heterocycles. The summed E-state index contributed by atoms with van der Waals surface area (Å²) in [6.45, 7) is 0.102. The first-order valence-electron chi connectivity index (χ1n) is 9.22. The van der Waals surface area contributed by atoms with Crippen LogP contribution in [0.5, 0.6) is 11.5 Å². The summed E-state index contributed by atoms with van der Waals surface area (Å²) in [4.78, 5) is 12.5. The summed E-state index contributed by atoms with van der Waals surface area (Å²) in [6.07, 6.45) is 1.42. The van der Waals surface area contributed by atoms with Gasteiger partial charge >= 0.3 is 0 Å². The Morgan fingerprint density at radius 3 is 2.61 bits per heavy atom. The summed E-state index contributed by atoms with van der Waals surface area (Å²) >= 11 is 5.85. The van der Waals surface area contributed by atoms with E-state index in [1.165, 1.54) is 25.3 Å². The van der Waals surface area contributed by atoms with Gasteiger partial charge in [-0.3, -0.25) is 4.79 Å². The second-order valence-corrected chi connectivity index (χ2v) is 6.89. The Labute approximate surface area is 184 Å². The highest BCUT2D eigenvalue weighted by atomic mass is 35.5. The summed E-state index contributed by atoms with van der Waals surface area (Å²) in [5, 5.41) is 12.7. The second kappa shape index (κ2) is 10.3. The summed E-state index contributed by atoms with van der Waals surface area (Å²) in [5.41, 5.74) is 1.53. The van der Waals surface area contributed by atoms with Gasteiger partial charge in [-0.2, -0.15) is 5.26 Å². The van der Waals surface area contributed by atoms with Gasteiger partial charge in [0.15, 0.2) is 0 Å². The van der Waals surface area contributed by atoms with E-state index in [9.17, 15) is 14.4 Å². The van der Waals surface area contributed by atoms with Crippen molar-refractivity contribution in [3.63, 3.8) is 0 Å². The Bertz CT molecular complexity index is 1150. The van der Waals surface area contributed by atoms with Gasteiger partial charge in [0.25, 0.3) is 5.91 Å². The predicted molar refractivity (Wildman–Crippen MR) is 117 cm³/mol. The highest BCUT2D eigenvalue weighted by Crippen LogP contribution is 2.28. The lowest BCUT2D eigenvalue weighted by Gasteiger charge is -2.12. The molecule has 3 rings (SSSR count). The van der Waals surface area contributed by atoms with Crippen molar-refractivity contribution in [1.82, 2.24) is 0 Å². The predicted octanol–water partition coefficient (Wildman–Crippen LogP) is 5.61. The zero-order chi connectivity index (χ0) is 22.2. The zero-order valence-electron chi connectivity index (χ0n) is 16.6. The topological polar surface area (TPSA) is 71.3 Å². The molecule has 0 saturated carbocycles. The molecule has 0 bridgehead atoms. The molecule has 0 radical (unpaired) electrons. The van der Waals surface area contributed by atoms with Crippen molar-refractivity contribution < 1.29 is 18.7 Å². The highest BCUT2D eigenvalue weighted by Gasteiger charge is 2.13. The van der Waals surface area contributed by atoms with Gasteiger partial charge in [0, 0.05) is 22.3 Å². The van der Waals surface area contributed by atoms with Crippen molar-refractivity contribution in [3.05, 3.63) is 94.3 Å². The van der Waals surface area contributed by atoms with E-state index >= 15 is 0 Å². The molecule has 31 heavy (non-hydrogen) atoms. The Morgan fingerprint density at radius 2 is 1.94 bits per heavy atom. The molecule has 3 aromatic rings. The molecule has 0 fully saturated rings. The molecule has 0 aliphatic rings. The molecule has 0 aliphatic carbocycles. The highest BCUT2D eigenvalue weighted by molar-refractivity contribution is 6.30. The number of halogens is 2. The first-order chi connectivity index (χ1) is 15.0. The summed E-state index contributed by atoms with van der Waals surface area (Å²) < 4.78 is 24.5. The molecule has 0 aromatic heterocycles.